The van der Waals surface area contributed by atoms with E-state index in [1.165, 1.54) is 25.9 Å². The van der Waals surface area contributed by atoms with Crippen LogP contribution in [0, 0.1) is 5.41 Å². The highest BCUT2D eigenvalue weighted by Crippen LogP contribution is 2.25. The average Bonchev–Trinajstić information content (AvgIpc) is 2.11. The molecule has 0 aliphatic carbocycles. The zero-order chi connectivity index (χ0) is 12.1. The average molecular weight is 214 g/mol. The standard InChI is InChI=1S/C13H30N2/c1-12(2)15(7)11-9-13(3,4)8-10-14(5)6/h12H,8-11H2,1-7H3. The fourth-order valence-electron chi connectivity index (χ4n) is 1.39. The van der Waals surface area contributed by atoms with Crippen LogP contribution in [-0.4, -0.2) is 50.1 Å². The molecule has 15 heavy (non-hydrogen) atoms. The maximum atomic E-state index is 2.43. The summed E-state index contributed by atoms with van der Waals surface area (Å²) in [5.74, 6) is 0. The van der Waals surface area contributed by atoms with Crippen LogP contribution in [0.15, 0.2) is 0 Å². The summed E-state index contributed by atoms with van der Waals surface area (Å²) in [6.07, 6.45) is 2.57. The summed E-state index contributed by atoms with van der Waals surface area (Å²) in [6.45, 7) is 11.7. The van der Waals surface area contributed by atoms with Gasteiger partial charge in [-0.25, -0.2) is 0 Å². The van der Waals surface area contributed by atoms with Crippen molar-refractivity contribution in [3.05, 3.63) is 0 Å². The monoisotopic (exact) mass is 214 g/mol. The molecule has 2 nitrogen and oxygen atoms in total. The molecule has 0 bridgehead atoms. The van der Waals surface area contributed by atoms with Gasteiger partial charge in [-0.1, -0.05) is 13.8 Å². The van der Waals surface area contributed by atoms with E-state index in [0.29, 0.717) is 11.5 Å². The minimum absolute atomic E-state index is 0.466. The Labute approximate surface area is 96.6 Å². The quantitative estimate of drug-likeness (QED) is 0.643. The van der Waals surface area contributed by atoms with Crippen LogP contribution in [0.2, 0.25) is 0 Å². The molecular formula is C13H30N2. The first-order chi connectivity index (χ1) is 6.74. The SMILES string of the molecule is CC(C)N(C)CCC(C)(C)CCN(C)C. The first-order valence-electron chi connectivity index (χ1n) is 6.09. The number of hydrogen-bond donors (Lipinski definition) is 0. The van der Waals surface area contributed by atoms with E-state index in [4.69, 9.17) is 0 Å². The number of rotatable bonds is 7. The van der Waals surface area contributed by atoms with Crippen LogP contribution in [0.1, 0.15) is 40.5 Å². The zero-order valence-electron chi connectivity index (χ0n) is 11.8. The minimum atomic E-state index is 0.466. The molecule has 0 aromatic heterocycles. The van der Waals surface area contributed by atoms with Crippen molar-refractivity contribution in [2.24, 2.45) is 5.41 Å². The molecule has 0 atom stereocenters. The maximum absolute atomic E-state index is 2.43. The van der Waals surface area contributed by atoms with Crippen molar-refractivity contribution in [1.29, 1.82) is 0 Å². The van der Waals surface area contributed by atoms with Crippen LogP contribution < -0.4 is 0 Å². The second kappa shape index (κ2) is 6.49. The molecule has 2 heteroatoms. The molecule has 0 spiro atoms. The van der Waals surface area contributed by atoms with Gasteiger partial charge in [-0.15, -0.1) is 0 Å². The van der Waals surface area contributed by atoms with Crippen LogP contribution in [0.25, 0.3) is 0 Å². The molecule has 0 heterocycles. The van der Waals surface area contributed by atoms with Gasteiger partial charge in [-0.2, -0.15) is 0 Å². The van der Waals surface area contributed by atoms with E-state index in [2.05, 4.69) is 58.6 Å². The van der Waals surface area contributed by atoms with Gasteiger partial charge in [0.15, 0.2) is 0 Å². The molecule has 0 saturated heterocycles. The van der Waals surface area contributed by atoms with Gasteiger partial charge in [0.05, 0.1) is 0 Å². The van der Waals surface area contributed by atoms with Gasteiger partial charge in [0.2, 0.25) is 0 Å². The molecule has 0 aliphatic rings. The van der Waals surface area contributed by atoms with E-state index in [1.54, 1.807) is 0 Å². The third-order valence-electron chi connectivity index (χ3n) is 3.26. The van der Waals surface area contributed by atoms with Gasteiger partial charge >= 0.3 is 0 Å². The zero-order valence-corrected chi connectivity index (χ0v) is 11.8. The first-order valence-corrected chi connectivity index (χ1v) is 6.09. The molecule has 0 amide bonds. The molecule has 0 unspecified atom stereocenters. The number of nitrogens with zero attached hydrogens (tertiary/aromatic N) is 2. The molecule has 0 N–H and O–H groups in total. The molecule has 0 rings (SSSR count). The van der Waals surface area contributed by atoms with Gasteiger partial charge in [-0.3, -0.25) is 0 Å². The topological polar surface area (TPSA) is 6.48 Å². The summed E-state index contributed by atoms with van der Waals surface area (Å²) >= 11 is 0. The van der Waals surface area contributed by atoms with Crippen molar-refractivity contribution in [2.45, 2.75) is 46.6 Å². The van der Waals surface area contributed by atoms with Crippen molar-refractivity contribution >= 4 is 0 Å². The van der Waals surface area contributed by atoms with E-state index < -0.39 is 0 Å². The van der Waals surface area contributed by atoms with Crippen LogP contribution in [0.4, 0.5) is 0 Å². The highest BCUT2D eigenvalue weighted by Gasteiger charge is 2.18. The van der Waals surface area contributed by atoms with Gasteiger partial charge < -0.3 is 9.80 Å². The Bertz CT molecular complexity index is 162. The Morgan fingerprint density at radius 3 is 1.80 bits per heavy atom. The van der Waals surface area contributed by atoms with Crippen molar-refractivity contribution in [3.8, 4) is 0 Å². The third-order valence-corrected chi connectivity index (χ3v) is 3.26. The normalized spacial score (nSPS) is 13.2. The summed E-state index contributed by atoms with van der Waals surface area (Å²) in [5, 5.41) is 0. The summed E-state index contributed by atoms with van der Waals surface area (Å²) in [4.78, 5) is 4.70. The molecule has 0 aromatic rings. The second-order valence-corrected chi connectivity index (χ2v) is 6.04. The van der Waals surface area contributed by atoms with Crippen LogP contribution in [-0.2, 0) is 0 Å². The van der Waals surface area contributed by atoms with Crippen molar-refractivity contribution < 1.29 is 0 Å². The van der Waals surface area contributed by atoms with Gasteiger partial charge in [0.25, 0.3) is 0 Å². The van der Waals surface area contributed by atoms with E-state index >= 15 is 0 Å². The van der Waals surface area contributed by atoms with Crippen LogP contribution >= 0.6 is 0 Å². The van der Waals surface area contributed by atoms with Gasteiger partial charge in [-0.05, 0) is 66.3 Å². The third kappa shape index (κ3) is 7.80. The number of hydrogen-bond acceptors (Lipinski definition) is 2. The molecule has 0 fully saturated rings. The Morgan fingerprint density at radius 1 is 0.933 bits per heavy atom. The second-order valence-electron chi connectivity index (χ2n) is 6.04. The largest absolute Gasteiger partial charge is 0.309 e. The maximum Gasteiger partial charge on any atom is 0.00355 e. The Balaban J connectivity index is 3.82. The van der Waals surface area contributed by atoms with Gasteiger partial charge in [0, 0.05) is 6.04 Å². The van der Waals surface area contributed by atoms with Crippen molar-refractivity contribution in [3.63, 3.8) is 0 Å². The summed E-state index contributed by atoms with van der Waals surface area (Å²) in [6, 6.07) is 0.662. The Morgan fingerprint density at radius 2 is 1.40 bits per heavy atom. The Kier molecular flexibility index (Phi) is 6.46. The fourth-order valence-corrected chi connectivity index (χ4v) is 1.39. The summed E-state index contributed by atoms with van der Waals surface area (Å²) in [7, 11) is 6.51. The lowest BCUT2D eigenvalue weighted by atomic mass is 9.85. The van der Waals surface area contributed by atoms with Gasteiger partial charge in [0.1, 0.15) is 0 Å². The highest BCUT2D eigenvalue weighted by molar-refractivity contribution is 4.72. The highest BCUT2D eigenvalue weighted by atomic mass is 15.1. The van der Waals surface area contributed by atoms with E-state index in [9.17, 15) is 0 Å². The Hall–Kier alpha value is -0.0800. The van der Waals surface area contributed by atoms with Crippen LogP contribution in [0.5, 0.6) is 0 Å². The van der Waals surface area contributed by atoms with E-state index in [-0.39, 0.29) is 0 Å². The molecule has 0 saturated carbocycles. The lowest BCUT2D eigenvalue weighted by Crippen LogP contribution is -2.31. The van der Waals surface area contributed by atoms with E-state index in [1.807, 2.05) is 0 Å². The molecule has 0 aliphatic heterocycles. The van der Waals surface area contributed by atoms with Crippen molar-refractivity contribution in [1.82, 2.24) is 9.80 Å². The smallest absolute Gasteiger partial charge is 0.00355 e. The predicted octanol–water partition coefficient (Wildman–Crippen LogP) is 2.69. The lowest BCUT2D eigenvalue weighted by Gasteiger charge is -2.30. The molecule has 0 aromatic carbocycles. The predicted molar refractivity (Wildman–Crippen MR) is 69.3 cm³/mol. The minimum Gasteiger partial charge on any atom is -0.309 e. The summed E-state index contributed by atoms with van der Waals surface area (Å²) in [5.41, 5.74) is 0.466. The molecular weight excluding hydrogens is 184 g/mol. The first kappa shape index (κ1) is 14.9. The van der Waals surface area contributed by atoms with Crippen LogP contribution in [0.3, 0.4) is 0 Å². The van der Waals surface area contributed by atoms with Crippen molar-refractivity contribution in [2.75, 3.05) is 34.2 Å². The molecule has 0 radical (unpaired) electrons. The molecule has 92 valence electrons. The lowest BCUT2D eigenvalue weighted by molar-refractivity contribution is 0.195. The summed E-state index contributed by atoms with van der Waals surface area (Å²) < 4.78 is 0. The fraction of sp³-hybridized carbons (Fsp3) is 1.00. The van der Waals surface area contributed by atoms with E-state index in [0.717, 1.165) is 0 Å².